The zero-order valence-electron chi connectivity index (χ0n) is 19.7. The quantitative estimate of drug-likeness (QED) is 0.319. The summed E-state index contributed by atoms with van der Waals surface area (Å²) in [6.45, 7) is 0.00375. The van der Waals surface area contributed by atoms with Crippen LogP contribution in [-0.2, 0) is 21.4 Å². The number of nitrogens with one attached hydrogen (secondary N) is 2. The van der Waals surface area contributed by atoms with Gasteiger partial charge in [0.1, 0.15) is 16.8 Å². The lowest BCUT2D eigenvalue weighted by atomic mass is 10.1. The molecule has 0 spiro atoms. The molecule has 1 atom stereocenters. The maximum atomic E-state index is 13.6. The van der Waals surface area contributed by atoms with Crippen LogP contribution in [0.4, 0.5) is 11.4 Å². The van der Waals surface area contributed by atoms with E-state index in [0.717, 1.165) is 11.1 Å². The molecule has 0 aromatic heterocycles. The number of carbonyl (C=O) groups is 1. The number of fused-ring (bicyclic) bond motifs is 1. The minimum Gasteiger partial charge on any atom is -0.484 e. The standard InChI is InChI=1S/C28H24ClN3O4S/c29-23-10-4-5-11-24(23)30-27(33)19-36-22-16-14-21(15-17-22)28-31-25-12-6-7-13-26(25)37(34,35)32(28)18-20-8-2-1-3-9-20/h1-17,28,31H,18-19H2,(H,30,33). The zero-order valence-corrected chi connectivity index (χ0v) is 21.2. The van der Waals surface area contributed by atoms with Crippen LogP contribution in [0, 0.1) is 0 Å². The van der Waals surface area contributed by atoms with Gasteiger partial charge < -0.3 is 15.4 Å². The number of rotatable bonds is 7. The van der Waals surface area contributed by atoms with Crippen LogP contribution in [0.15, 0.2) is 108 Å². The molecule has 2 N–H and O–H groups in total. The molecule has 0 bridgehead atoms. The average Bonchev–Trinajstić information content (AvgIpc) is 2.91. The minimum atomic E-state index is -3.77. The number of ether oxygens (including phenoxy) is 1. The van der Waals surface area contributed by atoms with E-state index in [9.17, 15) is 13.2 Å². The summed E-state index contributed by atoms with van der Waals surface area (Å²) >= 11 is 6.08. The van der Waals surface area contributed by atoms with Gasteiger partial charge in [0.25, 0.3) is 5.91 Å². The van der Waals surface area contributed by atoms with E-state index in [4.69, 9.17) is 16.3 Å². The fourth-order valence-corrected chi connectivity index (χ4v) is 5.99. The van der Waals surface area contributed by atoms with E-state index in [0.29, 0.717) is 22.1 Å². The van der Waals surface area contributed by atoms with Crippen molar-refractivity contribution in [3.8, 4) is 5.75 Å². The van der Waals surface area contributed by atoms with Gasteiger partial charge >= 0.3 is 0 Å². The van der Waals surface area contributed by atoms with Crippen molar-refractivity contribution >= 4 is 38.9 Å². The van der Waals surface area contributed by atoms with Gasteiger partial charge in [-0.1, -0.05) is 78.3 Å². The van der Waals surface area contributed by atoms with Crippen molar-refractivity contribution in [2.45, 2.75) is 17.6 Å². The highest BCUT2D eigenvalue weighted by molar-refractivity contribution is 7.89. The summed E-state index contributed by atoms with van der Waals surface area (Å²) in [4.78, 5) is 12.5. The highest BCUT2D eigenvalue weighted by Gasteiger charge is 2.38. The molecule has 1 amide bonds. The lowest BCUT2D eigenvalue weighted by molar-refractivity contribution is -0.118. The Balaban J connectivity index is 1.34. The molecule has 0 saturated carbocycles. The molecular weight excluding hydrogens is 510 g/mol. The van der Waals surface area contributed by atoms with Crippen molar-refractivity contribution in [3.63, 3.8) is 0 Å². The van der Waals surface area contributed by atoms with E-state index < -0.39 is 16.2 Å². The highest BCUT2D eigenvalue weighted by atomic mass is 35.5. The second kappa shape index (κ2) is 10.6. The first kappa shape index (κ1) is 24.8. The fourth-order valence-electron chi connectivity index (χ4n) is 4.13. The Labute approximate surface area is 220 Å². The molecule has 0 fully saturated rings. The van der Waals surface area contributed by atoms with Crippen molar-refractivity contribution in [2.24, 2.45) is 0 Å². The van der Waals surface area contributed by atoms with Crippen LogP contribution in [0.1, 0.15) is 17.3 Å². The van der Waals surface area contributed by atoms with E-state index in [1.165, 1.54) is 4.31 Å². The van der Waals surface area contributed by atoms with Crippen molar-refractivity contribution < 1.29 is 17.9 Å². The summed E-state index contributed by atoms with van der Waals surface area (Å²) in [7, 11) is -3.77. The Bertz CT molecular complexity index is 1510. The monoisotopic (exact) mass is 533 g/mol. The molecule has 1 aliphatic heterocycles. The Kier molecular flexibility index (Phi) is 7.14. The first-order valence-corrected chi connectivity index (χ1v) is 13.4. The predicted molar refractivity (Wildman–Crippen MR) is 144 cm³/mol. The molecule has 7 nitrogen and oxygen atoms in total. The van der Waals surface area contributed by atoms with Crippen LogP contribution < -0.4 is 15.4 Å². The number of halogens is 1. The largest absolute Gasteiger partial charge is 0.484 e. The van der Waals surface area contributed by atoms with E-state index in [1.54, 1.807) is 72.8 Å². The highest BCUT2D eigenvalue weighted by Crippen LogP contribution is 2.39. The van der Waals surface area contributed by atoms with Gasteiger partial charge in [0, 0.05) is 6.54 Å². The zero-order chi connectivity index (χ0) is 25.8. The number of anilines is 2. The van der Waals surface area contributed by atoms with Gasteiger partial charge in [-0.2, -0.15) is 4.31 Å². The molecule has 188 valence electrons. The Morgan fingerprint density at radius 1 is 0.892 bits per heavy atom. The fraction of sp³-hybridized carbons (Fsp3) is 0.107. The van der Waals surface area contributed by atoms with E-state index in [2.05, 4.69) is 10.6 Å². The summed E-state index contributed by atoms with van der Waals surface area (Å²) in [5.41, 5.74) is 2.67. The molecular formula is C28H24ClN3O4S. The minimum absolute atomic E-state index is 0.200. The SMILES string of the molecule is O=C(COc1ccc(C2Nc3ccccc3S(=O)(=O)N2Cc2ccccc2)cc1)Nc1ccccc1Cl. The van der Waals surface area contributed by atoms with Crippen LogP contribution in [-0.4, -0.2) is 25.2 Å². The molecule has 37 heavy (non-hydrogen) atoms. The van der Waals surface area contributed by atoms with E-state index in [-0.39, 0.29) is 24.0 Å². The van der Waals surface area contributed by atoms with Crippen molar-refractivity contribution in [2.75, 3.05) is 17.2 Å². The molecule has 0 radical (unpaired) electrons. The number of carbonyl (C=O) groups excluding carboxylic acids is 1. The Hall–Kier alpha value is -3.85. The number of nitrogens with zero attached hydrogens (tertiary/aromatic N) is 1. The lowest BCUT2D eigenvalue weighted by Crippen LogP contribution is -2.42. The molecule has 1 aliphatic rings. The second-order valence-electron chi connectivity index (χ2n) is 8.46. The average molecular weight is 534 g/mol. The van der Waals surface area contributed by atoms with Gasteiger partial charge in [-0.15, -0.1) is 0 Å². The van der Waals surface area contributed by atoms with Crippen LogP contribution in [0.25, 0.3) is 0 Å². The number of hydrogen-bond acceptors (Lipinski definition) is 5. The molecule has 0 aliphatic carbocycles. The van der Waals surface area contributed by atoms with Crippen LogP contribution >= 0.6 is 11.6 Å². The molecule has 1 unspecified atom stereocenters. The summed E-state index contributed by atoms with van der Waals surface area (Å²) in [6.07, 6.45) is -0.627. The molecule has 0 saturated heterocycles. The van der Waals surface area contributed by atoms with Crippen molar-refractivity contribution in [1.29, 1.82) is 0 Å². The summed E-state index contributed by atoms with van der Waals surface area (Å²) < 4.78 is 34.3. The number of amides is 1. The molecule has 5 rings (SSSR count). The number of sulfonamides is 1. The number of hydrogen-bond donors (Lipinski definition) is 2. The van der Waals surface area contributed by atoms with Gasteiger partial charge in [0.05, 0.1) is 16.4 Å². The van der Waals surface area contributed by atoms with Crippen molar-refractivity contribution in [1.82, 2.24) is 4.31 Å². The predicted octanol–water partition coefficient (Wildman–Crippen LogP) is 5.67. The van der Waals surface area contributed by atoms with Gasteiger partial charge in [0.2, 0.25) is 10.0 Å². The molecule has 1 heterocycles. The Morgan fingerprint density at radius 3 is 2.32 bits per heavy atom. The molecule has 4 aromatic carbocycles. The normalized spacial score (nSPS) is 16.3. The number of para-hydroxylation sites is 2. The summed E-state index contributed by atoms with van der Waals surface area (Å²) in [6, 6.07) is 30.3. The lowest BCUT2D eigenvalue weighted by Gasteiger charge is -2.37. The van der Waals surface area contributed by atoms with Crippen molar-refractivity contribution in [3.05, 3.63) is 119 Å². The second-order valence-corrected chi connectivity index (χ2v) is 10.7. The number of benzene rings is 4. The first-order chi connectivity index (χ1) is 17.9. The van der Waals surface area contributed by atoms with Gasteiger partial charge in [0.15, 0.2) is 6.61 Å². The van der Waals surface area contributed by atoms with Crippen LogP contribution in [0.5, 0.6) is 5.75 Å². The van der Waals surface area contributed by atoms with E-state index >= 15 is 0 Å². The molecule has 4 aromatic rings. The van der Waals surface area contributed by atoms with Crippen LogP contribution in [0.2, 0.25) is 5.02 Å². The van der Waals surface area contributed by atoms with Crippen LogP contribution in [0.3, 0.4) is 0 Å². The maximum Gasteiger partial charge on any atom is 0.262 e. The Morgan fingerprint density at radius 2 is 1.57 bits per heavy atom. The topological polar surface area (TPSA) is 87.7 Å². The van der Waals surface area contributed by atoms with Gasteiger partial charge in [-0.05, 0) is 47.5 Å². The van der Waals surface area contributed by atoms with Gasteiger partial charge in [-0.3, -0.25) is 4.79 Å². The van der Waals surface area contributed by atoms with E-state index in [1.807, 2.05) is 30.3 Å². The molecule has 9 heteroatoms. The maximum absolute atomic E-state index is 13.6. The third kappa shape index (κ3) is 5.46. The summed E-state index contributed by atoms with van der Waals surface area (Å²) in [5.74, 6) is 0.134. The smallest absolute Gasteiger partial charge is 0.262 e. The van der Waals surface area contributed by atoms with Gasteiger partial charge in [-0.25, -0.2) is 8.42 Å². The third-order valence-corrected chi connectivity index (χ3v) is 8.15. The third-order valence-electron chi connectivity index (χ3n) is 5.95. The summed E-state index contributed by atoms with van der Waals surface area (Å²) in [5, 5.41) is 6.52. The first-order valence-electron chi connectivity index (χ1n) is 11.6.